The van der Waals surface area contributed by atoms with Gasteiger partial charge in [-0.25, -0.2) is 9.78 Å². The van der Waals surface area contributed by atoms with Crippen LogP contribution in [-0.4, -0.2) is 50.1 Å². The van der Waals surface area contributed by atoms with Crippen molar-refractivity contribution in [2.24, 2.45) is 0 Å². The van der Waals surface area contributed by atoms with E-state index in [1.54, 1.807) is 53.6 Å². The first kappa shape index (κ1) is 22.3. The normalized spacial score (nSPS) is 16.5. The molecule has 184 valence electrons. The molecule has 1 spiro atoms. The van der Waals surface area contributed by atoms with Gasteiger partial charge >= 0.3 is 6.03 Å². The summed E-state index contributed by atoms with van der Waals surface area (Å²) in [5.41, 5.74) is 0.403. The summed E-state index contributed by atoms with van der Waals surface area (Å²) in [4.78, 5) is 47.0. The van der Waals surface area contributed by atoms with Crippen LogP contribution in [0.25, 0.3) is 23.0 Å². The third kappa shape index (κ3) is 3.93. The molecule has 3 aromatic heterocycles. The van der Waals surface area contributed by atoms with Gasteiger partial charge in [0, 0.05) is 24.4 Å². The number of amides is 4. The molecule has 4 amide bonds. The van der Waals surface area contributed by atoms with Gasteiger partial charge in [-0.3, -0.25) is 25.2 Å². The number of aromatic nitrogens is 4. The summed E-state index contributed by atoms with van der Waals surface area (Å²) < 4.78 is 11.6. The van der Waals surface area contributed by atoms with Crippen LogP contribution in [0, 0.1) is 0 Å². The van der Waals surface area contributed by atoms with Crippen molar-refractivity contribution in [2.75, 3.05) is 11.4 Å². The van der Waals surface area contributed by atoms with E-state index in [2.05, 4.69) is 30.8 Å². The van der Waals surface area contributed by atoms with Crippen LogP contribution in [0.5, 0.6) is 11.6 Å². The highest BCUT2D eigenvalue weighted by molar-refractivity contribution is 6.24. The zero-order chi connectivity index (χ0) is 25.4. The van der Waals surface area contributed by atoms with Gasteiger partial charge < -0.3 is 14.1 Å². The van der Waals surface area contributed by atoms with Crippen molar-refractivity contribution in [3.8, 4) is 34.7 Å². The number of pyridine rings is 2. The number of carbonyl (C=O) groups is 3. The molecule has 12 nitrogen and oxygen atoms in total. The number of barbiturate groups is 1. The standard InChI is InChI=1S/C25H19N7O5/c33-22-25(23(34)29-24(35)28-22)11-3-13-32(25)16-7-10-19(27-14-16)36-17-8-5-15(6-9-17)20-30-31-21(37-20)18-4-1-2-12-26-18/h1-2,4-10,12,14H,3,11,13H2,(H2,28,29,33,34,35). The lowest BCUT2D eigenvalue weighted by atomic mass is 9.92. The largest absolute Gasteiger partial charge is 0.439 e. The van der Waals surface area contributed by atoms with Crippen LogP contribution in [0.15, 0.2) is 71.4 Å². The van der Waals surface area contributed by atoms with Crippen LogP contribution in [-0.2, 0) is 9.59 Å². The highest BCUT2D eigenvalue weighted by Gasteiger charge is 2.57. The number of carbonyl (C=O) groups excluding carboxylic acids is 3. The summed E-state index contributed by atoms with van der Waals surface area (Å²) in [6, 6.07) is 15.1. The van der Waals surface area contributed by atoms with E-state index in [0.717, 1.165) is 0 Å². The Hall–Kier alpha value is -5.13. The summed E-state index contributed by atoms with van der Waals surface area (Å²) in [6.45, 7) is 0.468. The van der Waals surface area contributed by atoms with E-state index in [9.17, 15) is 14.4 Å². The average Bonchev–Trinajstić information content (AvgIpc) is 3.58. The number of hydrogen-bond acceptors (Lipinski definition) is 10. The van der Waals surface area contributed by atoms with E-state index >= 15 is 0 Å². The molecule has 0 unspecified atom stereocenters. The van der Waals surface area contributed by atoms with Crippen LogP contribution in [0.4, 0.5) is 10.5 Å². The maximum absolute atomic E-state index is 12.6. The first-order chi connectivity index (χ1) is 18.0. The Morgan fingerprint density at radius 2 is 1.68 bits per heavy atom. The second kappa shape index (κ2) is 8.82. The summed E-state index contributed by atoms with van der Waals surface area (Å²) in [5.74, 6) is 0.282. The molecule has 6 rings (SSSR count). The molecule has 2 fully saturated rings. The van der Waals surface area contributed by atoms with Gasteiger partial charge in [-0.2, -0.15) is 0 Å². The van der Waals surface area contributed by atoms with Crippen LogP contribution in [0.1, 0.15) is 12.8 Å². The van der Waals surface area contributed by atoms with Crippen molar-refractivity contribution in [2.45, 2.75) is 18.4 Å². The molecule has 4 aromatic rings. The Bertz CT molecular complexity index is 1470. The van der Waals surface area contributed by atoms with E-state index < -0.39 is 23.4 Å². The minimum absolute atomic E-state index is 0.298. The molecule has 2 aliphatic heterocycles. The summed E-state index contributed by atoms with van der Waals surface area (Å²) in [7, 11) is 0. The molecule has 5 heterocycles. The van der Waals surface area contributed by atoms with Gasteiger partial charge in [0.2, 0.25) is 11.8 Å². The fraction of sp³-hybridized carbons (Fsp3) is 0.160. The fourth-order valence-corrected chi connectivity index (χ4v) is 4.50. The van der Waals surface area contributed by atoms with E-state index in [4.69, 9.17) is 9.15 Å². The van der Waals surface area contributed by atoms with Gasteiger partial charge in [-0.15, -0.1) is 10.2 Å². The van der Waals surface area contributed by atoms with Gasteiger partial charge in [-0.05, 0) is 55.3 Å². The van der Waals surface area contributed by atoms with Crippen molar-refractivity contribution >= 4 is 23.5 Å². The van der Waals surface area contributed by atoms with Gasteiger partial charge in [0.15, 0.2) is 5.54 Å². The van der Waals surface area contributed by atoms with Gasteiger partial charge in [0.05, 0.1) is 11.9 Å². The minimum Gasteiger partial charge on any atom is -0.439 e. The number of hydrogen-bond donors (Lipinski definition) is 2. The van der Waals surface area contributed by atoms with Crippen molar-refractivity contribution in [1.82, 2.24) is 30.8 Å². The lowest BCUT2D eigenvalue weighted by Crippen LogP contribution is -2.71. The molecule has 0 atom stereocenters. The predicted molar refractivity (Wildman–Crippen MR) is 128 cm³/mol. The van der Waals surface area contributed by atoms with E-state index in [1.165, 1.54) is 6.20 Å². The van der Waals surface area contributed by atoms with Crippen molar-refractivity contribution in [3.05, 3.63) is 67.0 Å². The molecule has 0 saturated carbocycles. The summed E-state index contributed by atoms with van der Waals surface area (Å²) in [5, 5.41) is 12.5. The van der Waals surface area contributed by atoms with Crippen molar-refractivity contribution < 1.29 is 23.5 Å². The summed E-state index contributed by atoms with van der Waals surface area (Å²) >= 11 is 0. The molecule has 37 heavy (non-hydrogen) atoms. The fourth-order valence-electron chi connectivity index (χ4n) is 4.50. The number of nitrogens with one attached hydrogen (secondary N) is 2. The maximum Gasteiger partial charge on any atom is 0.328 e. The zero-order valence-electron chi connectivity index (χ0n) is 19.2. The average molecular weight is 497 g/mol. The number of nitrogens with zero attached hydrogens (tertiary/aromatic N) is 5. The number of rotatable bonds is 5. The quantitative estimate of drug-likeness (QED) is 0.394. The van der Waals surface area contributed by atoms with Crippen LogP contribution in [0.2, 0.25) is 0 Å². The van der Waals surface area contributed by atoms with E-state index in [1.807, 2.05) is 12.1 Å². The highest BCUT2D eigenvalue weighted by atomic mass is 16.5. The molecule has 2 saturated heterocycles. The first-order valence-electron chi connectivity index (χ1n) is 11.5. The molecule has 2 aliphatic rings. The van der Waals surface area contributed by atoms with Crippen LogP contribution < -0.4 is 20.3 Å². The highest BCUT2D eigenvalue weighted by Crippen LogP contribution is 2.36. The lowest BCUT2D eigenvalue weighted by Gasteiger charge is -2.38. The molecular formula is C25H19N7O5. The lowest BCUT2D eigenvalue weighted by molar-refractivity contribution is -0.137. The minimum atomic E-state index is -1.47. The topological polar surface area (TPSA) is 152 Å². The van der Waals surface area contributed by atoms with Crippen LogP contribution >= 0.6 is 0 Å². The molecule has 0 radical (unpaired) electrons. The molecule has 0 bridgehead atoms. The van der Waals surface area contributed by atoms with E-state index in [-0.39, 0.29) is 0 Å². The molecule has 2 N–H and O–H groups in total. The third-order valence-electron chi connectivity index (χ3n) is 6.25. The number of ether oxygens (including phenoxy) is 1. The Kier molecular flexibility index (Phi) is 5.33. The van der Waals surface area contributed by atoms with E-state index in [0.29, 0.717) is 59.7 Å². The second-order valence-corrected chi connectivity index (χ2v) is 8.46. The van der Waals surface area contributed by atoms with Crippen molar-refractivity contribution in [3.63, 3.8) is 0 Å². The monoisotopic (exact) mass is 497 g/mol. The SMILES string of the molecule is O=C1NC(=O)C2(CCCN2c2ccc(Oc3ccc(-c4nnc(-c5ccccn5)o4)cc3)nc2)C(=O)N1. The van der Waals surface area contributed by atoms with Crippen molar-refractivity contribution in [1.29, 1.82) is 0 Å². The summed E-state index contributed by atoms with van der Waals surface area (Å²) in [6.07, 6.45) is 4.10. The predicted octanol–water partition coefficient (Wildman–Crippen LogP) is 2.69. The van der Waals surface area contributed by atoms with Gasteiger partial charge in [0.25, 0.3) is 17.7 Å². The Morgan fingerprint density at radius 3 is 2.38 bits per heavy atom. The zero-order valence-corrected chi connectivity index (χ0v) is 19.2. The number of imide groups is 2. The van der Waals surface area contributed by atoms with Gasteiger partial charge in [-0.1, -0.05) is 6.07 Å². The number of benzene rings is 1. The Morgan fingerprint density at radius 1 is 0.892 bits per heavy atom. The number of anilines is 1. The second-order valence-electron chi connectivity index (χ2n) is 8.46. The third-order valence-corrected chi connectivity index (χ3v) is 6.25. The molecule has 12 heteroatoms. The Labute approximate surface area is 209 Å². The maximum atomic E-state index is 12.6. The molecular weight excluding hydrogens is 478 g/mol. The first-order valence-corrected chi connectivity index (χ1v) is 11.5. The van der Waals surface area contributed by atoms with Crippen LogP contribution in [0.3, 0.4) is 0 Å². The molecule has 0 aliphatic carbocycles. The molecule has 1 aromatic carbocycles. The van der Waals surface area contributed by atoms with Gasteiger partial charge in [0.1, 0.15) is 11.4 Å². The Balaban J connectivity index is 1.16. The number of urea groups is 1. The smallest absolute Gasteiger partial charge is 0.328 e.